The SMILES string of the molecule is CC(C)(C)OC(=O)CC[C@]1(C(=O)N2CCOCC2)N=C(c2ccc(OCCCO)cc2)O[C@H]1c1ccccc1N=[N+]=[N-]. The third kappa shape index (κ3) is 7.39. The number of nitrogens with zero attached hydrogens (tertiary/aromatic N) is 5. The molecule has 1 saturated heterocycles. The molecule has 2 aliphatic rings. The maximum atomic E-state index is 14.4. The molecule has 0 bridgehead atoms. The van der Waals surface area contributed by atoms with E-state index in [1.54, 1.807) is 74.2 Å². The summed E-state index contributed by atoms with van der Waals surface area (Å²) < 4.78 is 23.2. The Bertz CT molecular complexity index is 1330. The fraction of sp³-hybridized carbons (Fsp3) is 0.500. The Hall–Kier alpha value is -4.12. The van der Waals surface area contributed by atoms with E-state index >= 15 is 0 Å². The third-order valence-electron chi connectivity index (χ3n) is 6.81. The van der Waals surface area contributed by atoms with E-state index in [2.05, 4.69) is 10.0 Å². The molecule has 12 heteroatoms. The molecule has 1 N–H and O–H groups in total. The molecule has 42 heavy (non-hydrogen) atoms. The van der Waals surface area contributed by atoms with E-state index in [1.165, 1.54) is 0 Å². The second-order valence-corrected chi connectivity index (χ2v) is 11.0. The predicted octanol–water partition coefficient (Wildman–Crippen LogP) is 4.63. The van der Waals surface area contributed by atoms with Crippen molar-refractivity contribution < 1.29 is 33.6 Å². The van der Waals surface area contributed by atoms with Crippen molar-refractivity contribution >= 4 is 23.5 Å². The first kappa shape index (κ1) is 30.8. The van der Waals surface area contributed by atoms with Gasteiger partial charge in [0.05, 0.1) is 19.8 Å². The van der Waals surface area contributed by atoms with Gasteiger partial charge in [-0.25, -0.2) is 4.99 Å². The minimum absolute atomic E-state index is 0.000767. The fourth-order valence-electron chi connectivity index (χ4n) is 4.90. The molecule has 0 radical (unpaired) electrons. The monoisotopic (exact) mass is 579 g/mol. The number of carbonyl (C=O) groups is 2. The number of hydrogen-bond donors (Lipinski definition) is 1. The number of benzene rings is 2. The molecule has 0 unspecified atom stereocenters. The number of rotatable bonds is 11. The lowest BCUT2D eigenvalue weighted by Gasteiger charge is -2.37. The largest absolute Gasteiger partial charge is 0.494 e. The lowest BCUT2D eigenvalue weighted by atomic mass is 9.82. The van der Waals surface area contributed by atoms with Gasteiger partial charge in [0.2, 0.25) is 5.90 Å². The summed E-state index contributed by atoms with van der Waals surface area (Å²) in [6, 6.07) is 13.9. The second-order valence-electron chi connectivity index (χ2n) is 11.0. The van der Waals surface area contributed by atoms with Crippen LogP contribution in [-0.2, 0) is 23.8 Å². The van der Waals surface area contributed by atoms with Crippen LogP contribution in [0.2, 0.25) is 0 Å². The summed E-state index contributed by atoms with van der Waals surface area (Å²) in [6.07, 6.45) is -0.578. The number of esters is 1. The normalized spacial score (nSPS) is 20.2. The number of hydrogen-bond acceptors (Lipinski definition) is 9. The first-order valence-corrected chi connectivity index (χ1v) is 14.0. The average Bonchev–Trinajstić information content (AvgIpc) is 3.37. The van der Waals surface area contributed by atoms with Crippen LogP contribution in [0.4, 0.5) is 5.69 Å². The van der Waals surface area contributed by atoms with Crippen molar-refractivity contribution in [1.82, 2.24) is 4.90 Å². The van der Waals surface area contributed by atoms with Crippen LogP contribution in [0, 0.1) is 0 Å². The van der Waals surface area contributed by atoms with Gasteiger partial charge in [-0.05, 0) is 57.0 Å². The number of aliphatic hydroxyl groups excluding tert-OH is 1. The number of carbonyl (C=O) groups excluding carboxylic acids is 2. The Labute approximate surface area is 244 Å². The van der Waals surface area contributed by atoms with E-state index < -0.39 is 23.2 Å². The number of aliphatic imine (C=N–C) groups is 1. The summed E-state index contributed by atoms with van der Waals surface area (Å²) in [4.78, 5) is 36.9. The molecule has 12 nitrogen and oxygen atoms in total. The van der Waals surface area contributed by atoms with E-state index in [0.717, 1.165) is 0 Å². The second kappa shape index (κ2) is 13.7. The van der Waals surface area contributed by atoms with Crippen LogP contribution >= 0.6 is 0 Å². The average molecular weight is 580 g/mol. The maximum Gasteiger partial charge on any atom is 0.306 e. The number of aliphatic hydroxyl groups is 1. The minimum atomic E-state index is -1.55. The number of amides is 1. The summed E-state index contributed by atoms with van der Waals surface area (Å²) in [5, 5.41) is 12.9. The first-order valence-electron chi connectivity index (χ1n) is 14.0. The van der Waals surface area contributed by atoms with Gasteiger partial charge in [0, 0.05) is 54.3 Å². The molecule has 2 aromatic carbocycles. The van der Waals surface area contributed by atoms with Crippen LogP contribution in [0.25, 0.3) is 10.4 Å². The van der Waals surface area contributed by atoms with Crippen LogP contribution in [0.15, 0.2) is 58.6 Å². The highest BCUT2D eigenvalue weighted by molar-refractivity contribution is 6.01. The smallest absolute Gasteiger partial charge is 0.306 e. The number of ether oxygens (including phenoxy) is 4. The minimum Gasteiger partial charge on any atom is -0.494 e. The predicted molar refractivity (Wildman–Crippen MR) is 154 cm³/mol. The van der Waals surface area contributed by atoms with Crippen LogP contribution in [0.1, 0.15) is 57.3 Å². The Morgan fingerprint density at radius 1 is 1.17 bits per heavy atom. The Balaban J connectivity index is 1.79. The molecule has 2 aliphatic heterocycles. The molecular weight excluding hydrogens is 542 g/mol. The molecule has 4 rings (SSSR count). The van der Waals surface area contributed by atoms with Gasteiger partial charge in [0.1, 0.15) is 11.4 Å². The number of morpholine rings is 1. The van der Waals surface area contributed by atoms with Crippen molar-refractivity contribution in [3.8, 4) is 5.75 Å². The zero-order valence-corrected chi connectivity index (χ0v) is 24.2. The summed E-state index contributed by atoms with van der Waals surface area (Å²) >= 11 is 0. The van der Waals surface area contributed by atoms with Gasteiger partial charge in [-0.15, -0.1) is 0 Å². The molecule has 0 saturated carbocycles. The van der Waals surface area contributed by atoms with Crippen molar-refractivity contribution in [2.24, 2.45) is 10.1 Å². The summed E-state index contributed by atoms with van der Waals surface area (Å²) in [6.45, 7) is 7.23. The molecule has 0 spiro atoms. The highest BCUT2D eigenvalue weighted by atomic mass is 16.6. The molecule has 0 aromatic heterocycles. The molecule has 1 fully saturated rings. The van der Waals surface area contributed by atoms with E-state index in [9.17, 15) is 15.1 Å². The van der Waals surface area contributed by atoms with Gasteiger partial charge in [-0.3, -0.25) is 9.59 Å². The van der Waals surface area contributed by atoms with Crippen LogP contribution in [-0.4, -0.2) is 78.4 Å². The van der Waals surface area contributed by atoms with Gasteiger partial charge in [-0.1, -0.05) is 29.4 Å². The Morgan fingerprint density at radius 3 is 2.55 bits per heavy atom. The van der Waals surface area contributed by atoms with Gasteiger partial charge >= 0.3 is 5.97 Å². The van der Waals surface area contributed by atoms with E-state index in [0.29, 0.717) is 61.9 Å². The summed E-state index contributed by atoms with van der Waals surface area (Å²) in [7, 11) is 0. The van der Waals surface area contributed by atoms with E-state index in [-0.39, 0.29) is 31.3 Å². The van der Waals surface area contributed by atoms with Gasteiger partial charge in [0.15, 0.2) is 11.6 Å². The molecule has 1 amide bonds. The Kier molecular flexibility index (Phi) is 10.1. The van der Waals surface area contributed by atoms with Crippen molar-refractivity contribution in [2.75, 3.05) is 39.5 Å². The highest BCUT2D eigenvalue weighted by Gasteiger charge is 2.55. The molecular formula is C30H37N5O7. The van der Waals surface area contributed by atoms with Crippen LogP contribution in [0.5, 0.6) is 5.75 Å². The van der Waals surface area contributed by atoms with Crippen LogP contribution < -0.4 is 4.74 Å². The fourth-order valence-corrected chi connectivity index (χ4v) is 4.90. The third-order valence-corrected chi connectivity index (χ3v) is 6.81. The molecule has 2 aromatic rings. The zero-order chi connectivity index (χ0) is 30.2. The number of azide groups is 1. The van der Waals surface area contributed by atoms with Gasteiger partial charge in [-0.2, -0.15) is 0 Å². The first-order chi connectivity index (χ1) is 20.2. The topological polar surface area (TPSA) is 156 Å². The maximum absolute atomic E-state index is 14.4. The standard InChI is InChI=1S/C30H37N5O7/c1-29(2,3)42-25(37)13-14-30(28(38)35-15-19-39-20-16-35)26(23-7-4-5-8-24(23)33-34-31)41-27(32-30)21-9-11-22(12-10-21)40-18-6-17-36/h4-5,7-12,26,36H,6,13-20H2,1-3H3/t26-,30-/m0/s1. The lowest BCUT2D eigenvalue weighted by molar-refractivity contribution is -0.156. The van der Waals surface area contributed by atoms with Crippen molar-refractivity contribution in [2.45, 2.75) is 57.3 Å². The summed E-state index contributed by atoms with van der Waals surface area (Å²) in [5.74, 6) is 0.0425. The van der Waals surface area contributed by atoms with E-state index in [4.69, 9.17) is 29.0 Å². The molecule has 224 valence electrons. The molecule has 0 aliphatic carbocycles. The van der Waals surface area contributed by atoms with Crippen LogP contribution in [0.3, 0.4) is 0 Å². The molecule has 2 heterocycles. The van der Waals surface area contributed by atoms with Crippen molar-refractivity contribution in [1.29, 1.82) is 0 Å². The summed E-state index contributed by atoms with van der Waals surface area (Å²) in [5.41, 5.74) is 8.38. The zero-order valence-electron chi connectivity index (χ0n) is 24.2. The molecule has 2 atom stereocenters. The van der Waals surface area contributed by atoms with Crippen molar-refractivity contribution in [3.63, 3.8) is 0 Å². The van der Waals surface area contributed by atoms with Gasteiger partial charge in [0.25, 0.3) is 5.91 Å². The van der Waals surface area contributed by atoms with Gasteiger partial charge < -0.3 is 29.0 Å². The van der Waals surface area contributed by atoms with Crippen molar-refractivity contribution in [3.05, 3.63) is 70.1 Å². The highest BCUT2D eigenvalue weighted by Crippen LogP contribution is 2.47. The van der Waals surface area contributed by atoms with E-state index in [1.807, 2.05) is 0 Å². The Morgan fingerprint density at radius 2 is 1.88 bits per heavy atom. The quantitative estimate of drug-likeness (QED) is 0.134. The lowest BCUT2D eigenvalue weighted by Crippen LogP contribution is -2.53.